The standard InChI is InChI=1S/C11H9F6NO/c1-6(19)18-9(11(15,16)17)7-4-2-3-5-8(7)10(12,13)14/h2-5,9H,1H3,(H,18,19). The van der Waals surface area contributed by atoms with E-state index in [0.29, 0.717) is 12.1 Å². The lowest BCUT2D eigenvalue weighted by Crippen LogP contribution is -2.38. The van der Waals surface area contributed by atoms with E-state index in [1.54, 1.807) is 0 Å². The lowest BCUT2D eigenvalue weighted by molar-refractivity contribution is -0.166. The molecule has 1 rings (SSSR count). The van der Waals surface area contributed by atoms with Crippen LogP contribution in [0.3, 0.4) is 0 Å². The summed E-state index contributed by atoms with van der Waals surface area (Å²) in [5, 5.41) is 1.48. The van der Waals surface area contributed by atoms with Crippen molar-refractivity contribution in [2.45, 2.75) is 25.3 Å². The molecule has 0 bridgehead atoms. The third-order valence-corrected chi connectivity index (χ3v) is 2.25. The Bertz CT molecular complexity index is 465. The fourth-order valence-electron chi connectivity index (χ4n) is 1.55. The van der Waals surface area contributed by atoms with E-state index in [-0.39, 0.29) is 0 Å². The van der Waals surface area contributed by atoms with Crippen LogP contribution in [-0.2, 0) is 11.0 Å². The van der Waals surface area contributed by atoms with Crippen LogP contribution in [0, 0.1) is 0 Å². The average molecular weight is 285 g/mol. The summed E-state index contributed by atoms with van der Waals surface area (Å²) >= 11 is 0. The fraction of sp³-hybridized carbons (Fsp3) is 0.364. The topological polar surface area (TPSA) is 29.1 Å². The Kier molecular flexibility index (Phi) is 4.12. The fourth-order valence-corrected chi connectivity index (χ4v) is 1.55. The monoisotopic (exact) mass is 285 g/mol. The Balaban J connectivity index is 3.35. The highest BCUT2D eigenvalue weighted by atomic mass is 19.4. The second kappa shape index (κ2) is 5.10. The van der Waals surface area contributed by atoms with Gasteiger partial charge in [-0.15, -0.1) is 0 Å². The van der Waals surface area contributed by atoms with Crippen molar-refractivity contribution in [1.29, 1.82) is 0 Å². The zero-order valence-electron chi connectivity index (χ0n) is 9.56. The van der Waals surface area contributed by atoms with Crippen LogP contribution >= 0.6 is 0 Å². The van der Waals surface area contributed by atoms with Gasteiger partial charge < -0.3 is 5.32 Å². The van der Waals surface area contributed by atoms with Crippen LogP contribution in [0.5, 0.6) is 0 Å². The normalized spacial score (nSPS) is 14.1. The summed E-state index contributed by atoms with van der Waals surface area (Å²) in [7, 11) is 0. The molecular formula is C11H9F6NO. The van der Waals surface area contributed by atoms with Gasteiger partial charge in [0.25, 0.3) is 0 Å². The molecule has 0 saturated carbocycles. The summed E-state index contributed by atoms with van der Waals surface area (Å²) < 4.78 is 76.2. The lowest BCUT2D eigenvalue weighted by Gasteiger charge is -2.24. The second-order valence-electron chi connectivity index (χ2n) is 3.76. The first-order valence-electron chi connectivity index (χ1n) is 5.03. The molecule has 1 aromatic rings. The molecule has 106 valence electrons. The Morgan fingerprint density at radius 1 is 1.11 bits per heavy atom. The van der Waals surface area contributed by atoms with E-state index in [2.05, 4.69) is 0 Å². The number of benzene rings is 1. The predicted molar refractivity (Wildman–Crippen MR) is 54.1 cm³/mol. The van der Waals surface area contributed by atoms with Crippen LogP contribution < -0.4 is 5.32 Å². The first kappa shape index (κ1) is 15.3. The Morgan fingerprint density at radius 3 is 2.05 bits per heavy atom. The molecule has 1 aromatic carbocycles. The lowest BCUT2D eigenvalue weighted by atomic mass is 9.99. The van der Waals surface area contributed by atoms with Crippen LogP contribution in [0.25, 0.3) is 0 Å². The van der Waals surface area contributed by atoms with Gasteiger partial charge in [-0.3, -0.25) is 4.79 Å². The number of rotatable bonds is 2. The number of hydrogen-bond acceptors (Lipinski definition) is 1. The molecule has 1 N–H and O–H groups in total. The number of halogens is 6. The molecule has 0 aliphatic carbocycles. The molecule has 0 heterocycles. The summed E-state index contributed by atoms with van der Waals surface area (Å²) in [4.78, 5) is 10.7. The minimum Gasteiger partial charge on any atom is -0.341 e. The van der Waals surface area contributed by atoms with Crippen molar-refractivity contribution in [2.75, 3.05) is 0 Å². The van der Waals surface area contributed by atoms with Gasteiger partial charge in [0.05, 0.1) is 5.56 Å². The van der Waals surface area contributed by atoms with Gasteiger partial charge in [0.2, 0.25) is 5.91 Å². The Morgan fingerprint density at radius 2 is 1.63 bits per heavy atom. The van der Waals surface area contributed by atoms with Crippen molar-refractivity contribution in [2.24, 2.45) is 0 Å². The van der Waals surface area contributed by atoms with E-state index in [9.17, 15) is 31.1 Å². The van der Waals surface area contributed by atoms with Crippen LogP contribution in [0.1, 0.15) is 24.1 Å². The maximum absolute atomic E-state index is 12.8. The molecule has 0 radical (unpaired) electrons. The van der Waals surface area contributed by atoms with Crippen molar-refractivity contribution in [3.63, 3.8) is 0 Å². The molecule has 0 aromatic heterocycles. The summed E-state index contributed by atoms with van der Waals surface area (Å²) in [5.74, 6) is -1.07. The smallest absolute Gasteiger partial charge is 0.341 e. The zero-order chi connectivity index (χ0) is 14.8. The highest BCUT2D eigenvalue weighted by molar-refractivity contribution is 5.73. The largest absolute Gasteiger partial charge is 0.416 e. The summed E-state index contributed by atoms with van der Waals surface area (Å²) in [6.07, 6.45) is -9.95. The zero-order valence-corrected chi connectivity index (χ0v) is 9.56. The molecule has 1 unspecified atom stereocenters. The van der Waals surface area contributed by atoms with Crippen molar-refractivity contribution in [3.05, 3.63) is 35.4 Å². The highest BCUT2D eigenvalue weighted by Crippen LogP contribution is 2.40. The molecule has 0 fully saturated rings. The van der Waals surface area contributed by atoms with Gasteiger partial charge in [0.15, 0.2) is 6.04 Å². The van der Waals surface area contributed by atoms with E-state index >= 15 is 0 Å². The maximum atomic E-state index is 12.8. The van der Waals surface area contributed by atoms with Gasteiger partial charge in [-0.05, 0) is 11.6 Å². The molecule has 0 aliphatic rings. The van der Waals surface area contributed by atoms with E-state index in [1.165, 1.54) is 5.32 Å². The first-order chi connectivity index (χ1) is 8.53. The Labute approximate surface area is 104 Å². The number of amides is 1. The first-order valence-corrected chi connectivity index (χ1v) is 5.03. The van der Waals surface area contributed by atoms with Gasteiger partial charge >= 0.3 is 12.4 Å². The van der Waals surface area contributed by atoms with Gasteiger partial charge in [0, 0.05) is 6.92 Å². The minimum absolute atomic E-state index is 0.538. The van der Waals surface area contributed by atoms with Crippen molar-refractivity contribution >= 4 is 5.91 Å². The van der Waals surface area contributed by atoms with Crippen LogP contribution in [0.15, 0.2) is 24.3 Å². The van der Waals surface area contributed by atoms with Crippen molar-refractivity contribution in [1.82, 2.24) is 5.32 Å². The van der Waals surface area contributed by atoms with E-state index in [4.69, 9.17) is 0 Å². The average Bonchev–Trinajstić information content (AvgIpc) is 2.23. The summed E-state index contributed by atoms with van der Waals surface area (Å²) in [5.41, 5.74) is -2.45. The van der Waals surface area contributed by atoms with Crippen molar-refractivity contribution in [3.8, 4) is 0 Å². The van der Waals surface area contributed by atoms with Crippen LogP contribution in [-0.4, -0.2) is 12.1 Å². The highest BCUT2D eigenvalue weighted by Gasteiger charge is 2.46. The molecule has 8 heteroatoms. The van der Waals surface area contributed by atoms with Crippen LogP contribution in [0.2, 0.25) is 0 Å². The number of carbonyl (C=O) groups excluding carboxylic acids is 1. The predicted octanol–water partition coefficient (Wildman–Crippen LogP) is 3.44. The van der Waals surface area contributed by atoms with Crippen LogP contribution in [0.4, 0.5) is 26.3 Å². The number of hydrogen-bond donors (Lipinski definition) is 1. The molecule has 1 atom stereocenters. The number of alkyl halides is 6. The molecular weight excluding hydrogens is 276 g/mol. The number of nitrogens with one attached hydrogen (secondary N) is 1. The molecule has 0 saturated heterocycles. The van der Waals surface area contributed by atoms with Gasteiger partial charge in [-0.25, -0.2) is 0 Å². The Hall–Kier alpha value is -1.73. The molecule has 2 nitrogen and oxygen atoms in total. The third kappa shape index (κ3) is 3.87. The second-order valence-corrected chi connectivity index (χ2v) is 3.76. The number of carbonyl (C=O) groups is 1. The quantitative estimate of drug-likeness (QED) is 0.828. The van der Waals surface area contributed by atoms with Gasteiger partial charge in [0.1, 0.15) is 0 Å². The van der Waals surface area contributed by atoms with Gasteiger partial charge in [-0.1, -0.05) is 18.2 Å². The summed E-state index contributed by atoms with van der Waals surface area (Å²) in [6.45, 7) is 0.801. The van der Waals surface area contributed by atoms with Crippen molar-refractivity contribution < 1.29 is 31.1 Å². The van der Waals surface area contributed by atoms with E-state index in [0.717, 1.165) is 19.1 Å². The SMILES string of the molecule is CC(=O)NC(c1ccccc1C(F)(F)F)C(F)(F)F. The molecule has 0 aliphatic heterocycles. The third-order valence-electron chi connectivity index (χ3n) is 2.25. The minimum atomic E-state index is -5.02. The van der Waals surface area contributed by atoms with E-state index < -0.39 is 35.4 Å². The van der Waals surface area contributed by atoms with E-state index in [1.807, 2.05) is 0 Å². The molecule has 19 heavy (non-hydrogen) atoms. The maximum Gasteiger partial charge on any atom is 0.416 e. The molecule has 0 spiro atoms. The molecule has 1 amide bonds. The van der Waals surface area contributed by atoms with Gasteiger partial charge in [-0.2, -0.15) is 26.3 Å². The summed E-state index contributed by atoms with van der Waals surface area (Å²) in [6, 6.07) is 0.564.